The molecule has 0 heterocycles. The van der Waals surface area contributed by atoms with Crippen molar-refractivity contribution in [2.45, 2.75) is 31.1 Å². The van der Waals surface area contributed by atoms with Crippen molar-refractivity contribution in [3.8, 4) is 0 Å². The first kappa shape index (κ1) is 13.7. The van der Waals surface area contributed by atoms with Gasteiger partial charge in [0.05, 0.1) is 11.1 Å². The van der Waals surface area contributed by atoms with Gasteiger partial charge in [0.1, 0.15) is 0 Å². The second kappa shape index (κ2) is 4.73. The molecule has 0 aromatic heterocycles. The molecule has 19 heavy (non-hydrogen) atoms. The minimum Gasteiger partial charge on any atom is -0.382 e. The van der Waals surface area contributed by atoms with E-state index < -0.39 is 17.6 Å². The van der Waals surface area contributed by atoms with Gasteiger partial charge in [0.2, 0.25) is 0 Å². The number of carbonyl (C=O) groups excluding carboxylic acids is 1. The van der Waals surface area contributed by atoms with Crippen LogP contribution >= 0.6 is 0 Å². The SMILES string of the molecule is NC(=O)c1cc(C(F)(F)F)ccc1NC1CC(N)C1. The van der Waals surface area contributed by atoms with E-state index in [4.69, 9.17) is 11.5 Å². The molecule has 0 radical (unpaired) electrons. The van der Waals surface area contributed by atoms with Crippen molar-refractivity contribution in [3.05, 3.63) is 29.3 Å². The summed E-state index contributed by atoms with van der Waals surface area (Å²) >= 11 is 0. The van der Waals surface area contributed by atoms with Crippen LogP contribution in [0, 0.1) is 0 Å². The Kier molecular flexibility index (Phi) is 3.40. The Bertz CT molecular complexity index is 495. The summed E-state index contributed by atoms with van der Waals surface area (Å²) in [7, 11) is 0. The van der Waals surface area contributed by atoms with Gasteiger partial charge in [-0.05, 0) is 31.0 Å². The summed E-state index contributed by atoms with van der Waals surface area (Å²) in [6.45, 7) is 0. The van der Waals surface area contributed by atoms with Crippen LogP contribution in [0.25, 0.3) is 0 Å². The molecule has 5 N–H and O–H groups in total. The molecule has 1 aromatic rings. The molecular weight excluding hydrogens is 259 g/mol. The summed E-state index contributed by atoms with van der Waals surface area (Å²) in [5.41, 5.74) is 10.0. The van der Waals surface area contributed by atoms with Crippen molar-refractivity contribution >= 4 is 11.6 Å². The molecule has 0 saturated heterocycles. The van der Waals surface area contributed by atoms with Gasteiger partial charge >= 0.3 is 6.18 Å². The van der Waals surface area contributed by atoms with Gasteiger partial charge in [-0.25, -0.2) is 0 Å². The number of hydrogen-bond donors (Lipinski definition) is 3. The number of carbonyl (C=O) groups is 1. The van der Waals surface area contributed by atoms with Gasteiger partial charge in [0.25, 0.3) is 5.91 Å². The molecule has 1 aliphatic carbocycles. The summed E-state index contributed by atoms with van der Waals surface area (Å²) in [6.07, 6.45) is -3.06. The summed E-state index contributed by atoms with van der Waals surface area (Å²) in [6, 6.07) is 3.09. The van der Waals surface area contributed by atoms with Crippen molar-refractivity contribution in [2.75, 3.05) is 5.32 Å². The second-order valence-corrected chi connectivity index (χ2v) is 4.70. The first-order chi connectivity index (χ1) is 8.77. The molecule has 1 fully saturated rings. The topological polar surface area (TPSA) is 81.1 Å². The van der Waals surface area contributed by atoms with Crippen LogP contribution in [0.1, 0.15) is 28.8 Å². The third-order valence-corrected chi connectivity index (χ3v) is 3.15. The van der Waals surface area contributed by atoms with Crippen molar-refractivity contribution in [2.24, 2.45) is 11.5 Å². The Morgan fingerprint density at radius 1 is 1.32 bits per heavy atom. The van der Waals surface area contributed by atoms with Crippen molar-refractivity contribution in [3.63, 3.8) is 0 Å². The number of amides is 1. The summed E-state index contributed by atoms with van der Waals surface area (Å²) in [5.74, 6) is -0.891. The molecule has 0 unspecified atom stereocenters. The first-order valence-corrected chi connectivity index (χ1v) is 5.80. The van der Waals surface area contributed by atoms with Gasteiger partial charge in [-0.1, -0.05) is 0 Å². The van der Waals surface area contributed by atoms with E-state index in [9.17, 15) is 18.0 Å². The number of nitrogens with two attached hydrogens (primary N) is 2. The number of nitrogens with one attached hydrogen (secondary N) is 1. The average molecular weight is 273 g/mol. The predicted octanol–water partition coefficient (Wildman–Crippen LogP) is 1.71. The maximum Gasteiger partial charge on any atom is 0.416 e. The minimum absolute atomic E-state index is 0.0739. The largest absolute Gasteiger partial charge is 0.416 e. The molecule has 1 amide bonds. The molecular formula is C12H14F3N3O. The Morgan fingerprint density at radius 2 is 1.95 bits per heavy atom. The lowest BCUT2D eigenvalue weighted by molar-refractivity contribution is -0.137. The lowest BCUT2D eigenvalue weighted by Crippen LogP contribution is -2.44. The van der Waals surface area contributed by atoms with Crippen LogP contribution in [0.3, 0.4) is 0 Å². The first-order valence-electron chi connectivity index (χ1n) is 5.80. The van der Waals surface area contributed by atoms with Gasteiger partial charge in [-0.15, -0.1) is 0 Å². The van der Waals surface area contributed by atoms with Crippen LogP contribution in [0.15, 0.2) is 18.2 Å². The molecule has 0 spiro atoms. The van der Waals surface area contributed by atoms with Gasteiger partial charge in [0.15, 0.2) is 0 Å². The standard InChI is InChI=1S/C12H14F3N3O/c13-12(14,15)6-1-2-10(9(3-6)11(17)19)18-8-4-7(16)5-8/h1-3,7-8,18H,4-5,16H2,(H2,17,19). The molecule has 0 aliphatic heterocycles. The summed E-state index contributed by atoms with van der Waals surface area (Å²) < 4.78 is 37.7. The molecule has 1 saturated carbocycles. The highest BCUT2D eigenvalue weighted by atomic mass is 19.4. The van der Waals surface area contributed by atoms with E-state index in [1.165, 1.54) is 6.07 Å². The third kappa shape index (κ3) is 2.98. The fourth-order valence-electron chi connectivity index (χ4n) is 2.05. The lowest BCUT2D eigenvalue weighted by atomic mass is 9.87. The zero-order chi connectivity index (χ0) is 14.2. The Hall–Kier alpha value is -1.76. The van der Waals surface area contributed by atoms with E-state index in [1.54, 1.807) is 0 Å². The van der Waals surface area contributed by atoms with Crippen molar-refractivity contribution in [1.82, 2.24) is 0 Å². The monoisotopic (exact) mass is 273 g/mol. The number of benzene rings is 1. The number of alkyl halides is 3. The van der Waals surface area contributed by atoms with E-state index in [1.807, 2.05) is 0 Å². The van der Waals surface area contributed by atoms with Crippen LogP contribution in [0.5, 0.6) is 0 Å². The third-order valence-electron chi connectivity index (χ3n) is 3.15. The molecule has 4 nitrogen and oxygen atoms in total. The summed E-state index contributed by atoms with van der Waals surface area (Å²) in [4.78, 5) is 11.2. The Balaban J connectivity index is 2.25. The molecule has 0 atom stereocenters. The lowest BCUT2D eigenvalue weighted by Gasteiger charge is -2.34. The van der Waals surface area contributed by atoms with Crippen LogP contribution < -0.4 is 16.8 Å². The molecule has 2 rings (SSSR count). The smallest absolute Gasteiger partial charge is 0.382 e. The van der Waals surface area contributed by atoms with Crippen LogP contribution in [0.2, 0.25) is 0 Å². The van der Waals surface area contributed by atoms with Crippen molar-refractivity contribution < 1.29 is 18.0 Å². The quantitative estimate of drug-likeness (QED) is 0.784. The number of rotatable bonds is 3. The number of hydrogen-bond acceptors (Lipinski definition) is 3. The normalized spacial score (nSPS) is 22.7. The Morgan fingerprint density at radius 3 is 2.42 bits per heavy atom. The van der Waals surface area contributed by atoms with Gasteiger partial charge in [0, 0.05) is 17.8 Å². The maximum absolute atomic E-state index is 12.6. The number of anilines is 1. The van der Waals surface area contributed by atoms with E-state index in [2.05, 4.69) is 5.32 Å². The number of primary amides is 1. The van der Waals surface area contributed by atoms with Gasteiger partial charge in [-0.2, -0.15) is 13.2 Å². The molecule has 1 aromatic carbocycles. The fourth-order valence-corrected chi connectivity index (χ4v) is 2.05. The molecule has 0 bridgehead atoms. The zero-order valence-electron chi connectivity index (χ0n) is 10.00. The van der Waals surface area contributed by atoms with E-state index in [0.717, 1.165) is 25.0 Å². The fraction of sp³-hybridized carbons (Fsp3) is 0.417. The van der Waals surface area contributed by atoms with Gasteiger partial charge in [-0.3, -0.25) is 4.79 Å². The molecule has 104 valence electrons. The maximum atomic E-state index is 12.6. The zero-order valence-corrected chi connectivity index (χ0v) is 10.00. The van der Waals surface area contributed by atoms with Crippen molar-refractivity contribution in [1.29, 1.82) is 0 Å². The molecule has 7 heteroatoms. The molecule has 1 aliphatic rings. The Labute approximate surface area is 108 Å². The summed E-state index contributed by atoms with van der Waals surface area (Å²) in [5, 5.41) is 2.99. The highest BCUT2D eigenvalue weighted by molar-refractivity contribution is 5.98. The van der Waals surface area contributed by atoms with Crippen LogP contribution in [-0.4, -0.2) is 18.0 Å². The second-order valence-electron chi connectivity index (χ2n) is 4.70. The van der Waals surface area contributed by atoms with Crippen LogP contribution in [0.4, 0.5) is 18.9 Å². The van der Waals surface area contributed by atoms with E-state index in [0.29, 0.717) is 5.69 Å². The van der Waals surface area contributed by atoms with Gasteiger partial charge < -0.3 is 16.8 Å². The highest BCUT2D eigenvalue weighted by Crippen LogP contribution is 2.33. The minimum atomic E-state index is -4.50. The highest BCUT2D eigenvalue weighted by Gasteiger charge is 2.32. The predicted molar refractivity (Wildman–Crippen MR) is 64.6 cm³/mol. The average Bonchev–Trinajstić information content (AvgIpc) is 2.25. The van der Waals surface area contributed by atoms with E-state index in [-0.39, 0.29) is 17.6 Å². The van der Waals surface area contributed by atoms with E-state index >= 15 is 0 Å². The number of halogens is 3. The van der Waals surface area contributed by atoms with Crippen LogP contribution in [-0.2, 0) is 6.18 Å².